The summed E-state index contributed by atoms with van der Waals surface area (Å²) in [6, 6.07) is 8.56. The monoisotopic (exact) mass is 249 g/mol. The van der Waals surface area contributed by atoms with Crippen molar-refractivity contribution < 1.29 is 4.74 Å². The molecule has 0 radical (unpaired) electrons. The Balaban J connectivity index is 2.83. The molecule has 18 heavy (non-hydrogen) atoms. The number of hydrogen-bond acceptors (Lipinski definition) is 2. The summed E-state index contributed by atoms with van der Waals surface area (Å²) in [5.74, 6) is 2.25. The van der Waals surface area contributed by atoms with E-state index in [2.05, 4.69) is 51.0 Å². The molecule has 0 bridgehead atoms. The van der Waals surface area contributed by atoms with E-state index in [-0.39, 0.29) is 0 Å². The maximum atomic E-state index is 5.59. The average Bonchev–Trinajstić information content (AvgIpc) is 2.30. The molecule has 0 aromatic heterocycles. The topological polar surface area (TPSA) is 12.5 Å². The molecule has 2 nitrogen and oxygen atoms in total. The summed E-state index contributed by atoms with van der Waals surface area (Å²) < 4.78 is 5.59. The smallest absolute Gasteiger partial charge is 0.119 e. The molecule has 0 saturated heterocycles. The Kier molecular flexibility index (Phi) is 6.20. The van der Waals surface area contributed by atoms with Crippen molar-refractivity contribution in [1.82, 2.24) is 4.90 Å². The Morgan fingerprint density at radius 3 is 2.50 bits per heavy atom. The molecule has 1 rings (SSSR count). The van der Waals surface area contributed by atoms with Gasteiger partial charge in [0.1, 0.15) is 5.75 Å². The highest BCUT2D eigenvalue weighted by molar-refractivity contribution is 5.31. The second kappa shape index (κ2) is 7.42. The van der Waals surface area contributed by atoms with Crippen molar-refractivity contribution in [2.45, 2.75) is 33.1 Å². The third-order valence-corrected chi connectivity index (χ3v) is 3.38. The largest absolute Gasteiger partial charge is 0.494 e. The van der Waals surface area contributed by atoms with Gasteiger partial charge in [0.15, 0.2) is 0 Å². The molecule has 0 aliphatic rings. The third-order valence-electron chi connectivity index (χ3n) is 3.38. The van der Waals surface area contributed by atoms with Crippen LogP contribution in [0, 0.1) is 5.92 Å². The van der Waals surface area contributed by atoms with E-state index in [4.69, 9.17) is 4.74 Å². The van der Waals surface area contributed by atoms with Crippen LogP contribution in [-0.2, 0) is 0 Å². The van der Waals surface area contributed by atoms with E-state index in [1.807, 2.05) is 13.0 Å². The van der Waals surface area contributed by atoms with Crippen molar-refractivity contribution >= 4 is 0 Å². The van der Waals surface area contributed by atoms with Crippen LogP contribution in [0.1, 0.15) is 38.7 Å². The predicted octanol–water partition coefficient (Wildman–Crippen LogP) is 3.78. The van der Waals surface area contributed by atoms with Gasteiger partial charge in [0.05, 0.1) is 6.61 Å². The molecular weight excluding hydrogens is 222 g/mol. The Labute approximate surface area is 112 Å². The van der Waals surface area contributed by atoms with Gasteiger partial charge >= 0.3 is 0 Å². The second-order valence-electron chi connectivity index (χ2n) is 5.26. The van der Waals surface area contributed by atoms with Gasteiger partial charge in [-0.1, -0.05) is 26.0 Å². The van der Waals surface area contributed by atoms with Crippen LogP contribution in [-0.4, -0.2) is 32.1 Å². The highest BCUT2D eigenvalue weighted by Gasteiger charge is 2.18. The molecule has 0 N–H and O–H groups in total. The minimum atomic E-state index is 0.604. The van der Waals surface area contributed by atoms with Crippen molar-refractivity contribution in [1.29, 1.82) is 0 Å². The maximum absolute atomic E-state index is 5.59. The van der Waals surface area contributed by atoms with Gasteiger partial charge in [-0.3, -0.25) is 0 Å². The number of ether oxygens (including phenoxy) is 1. The zero-order chi connectivity index (χ0) is 13.5. The molecule has 2 unspecified atom stereocenters. The number of benzene rings is 1. The lowest BCUT2D eigenvalue weighted by Crippen LogP contribution is -2.24. The molecule has 2 heteroatoms. The zero-order valence-electron chi connectivity index (χ0n) is 12.4. The average molecular weight is 249 g/mol. The van der Waals surface area contributed by atoms with E-state index in [9.17, 15) is 0 Å². The van der Waals surface area contributed by atoms with Gasteiger partial charge < -0.3 is 9.64 Å². The fourth-order valence-electron chi connectivity index (χ4n) is 2.67. The van der Waals surface area contributed by atoms with E-state index < -0.39 is 0 Å². The minimum Gasteiger partial charge on any atom is -0.494 e. The van der Waals surface area contributed by atoms with Crippen molar-refractivity contribution in [3.05, 3.63) is 29.8 Å². The normalized spacial score (nSPS) is 14.6. The van der Waals surface area contributed by atoms with Gasteiger partial charge in [-0.25, -0.2) is 0 Å². The van der Waals surface area contributed by atoms with Crippen LogP contribution >= 0.6 is 0 Å². The number of hydrogen-bond donors (Lipinski definition) is 0. The Hall–Kier alpha value is -1.02. The fourth-order valence-corrected chi connectivity index (χ4v) is 2.67. The zero-order valence-corrected chi connectivity index (χ0v) is 12.4. The molecule has 0 spiro atoms. The molecule has 102 valence electrons. The first-order chi connectivity index (χ1) is 8.58. The lowest BCUT2D eigenvalue weighted by molar-refractivity contribution is 0.300. The quantitative estimate of drug-likeness (QED) is 0.729. The summed E-state index contributed by atoms with van der Waals surface area (Å²) in [6.07, 6.45) is 1.17. The first kappa shape index (κ1) is 15.0. The molecule has 0 aliphatic carbocycles. The molecule has 1 aromatic rings. The van der Waals surface area contributed by atoms with Crippen LogP contribution in [0.4, 0.5) is 0 Å². The van der Waals surface area contributed by atoms with Crippen molar-refractivity contribution in [2.75, 3.05) is 27.2 Å². The van der Waals surface area contributed by atoms with Gasteiger partial charge in [-0.15, -0.1) is 0 Å². The van der Waals surface area contributed by atoms with Gasteiger partial charge in [0, 0.05) is 6.54 Å². The van der Waals surface area contributed by atoms with Gasteiger partial charge in [0.2, 0.25) is 0 Å². The van der Waals surface area contributed by atoms with Crippen molar-refractivity contribution in [2.24, 2.45) is 5.92 Å². The summed E-state index contributed by atoms with van der Waals surface area (Å²) >= 11 is 0. The number of rotatable bonds is 7. The summed E-state index contributed by atoms with van der Waals surface area (Å²) in [5.41, 5.74) is 1.40. The summed E-state index contributed by atoms with van der Waals surface area (Å²) in [5, 5.41) is 0. The van der Waals surface area contributed by atoms with Crippen LogP contribution in [0.3, 0.4) is 0 Å². The Morgan fingerprint density at radius 1 is 1.22 bits per heavy atom. The lowest BCUT2D eigenvalue weighted by atomic mass is 9.85. The first-order valence-corrected chi connectivity index (χ1v) is 6.95. The van der Waals surface area contributed by atoms with Crippen molar-refractivity contribution in [3.8, 4) is 5.75 Å². The van der Waals surface area contributed by atoms with E-state index in [1.165, 1.54) is 12.0 Å². The molecule has 0 heterocycles. The van der Waals surface area contributed by atoms with Crippen LogP contribution in [0.5, 0.6) is 5.75 Å². The van der Waals surface area contributed by atoms with Crippen LogP contribution in [0.15, 0.2) is 24.3 Å². The van der Waals surface area contributed by atoms with Gasteiger partial charge in [-0.2, -0.15) is 0 Å². The van der Waals surface area contributed by atoms with Gasteiger partial charge in [-0.05, 0) is 57.0 Å². The Bertz CT molecular complexity index is 349. The maximum Gasteiger partial charge on any atom is 0.119 e. The minimum absolute atomic E-state index is 0.604. The summed E-state index contributed by atoms with van der Waals surface area (Å²) in [7, 11) is 4.28. The third kappa shape index (κ3) is 4.34. The second-order valence-corrected chi connectivity index (χ2v) is 5.26. The van der Waals surface area contributed by atoms with Crippen molar-refractivity contribution in [3.63, 3.8) is 0 Å². The Morgan fingerprint density at radius 2 is 1.94 bits per heavy atom. The molecule has 0 fully saturated rings. The predicted molar refractivity (Wildman–Crippen MR) is 78.4 cm³/mol. The number of nitrogens with zero attached hydrogens (tertiary/aromatic N) is 1. The van der Waals surface area contributed by atoms with E-state index in [1.54, 1.807) is 0 Å². The summed E-state index contributed by atoms with van der Waals surface area (Å²) in [6.45, 7) is 8.48. The molecular formula is C16H27NO. The van der Waals surface area contributed by atoms with E-state index in [0.717, 1.165) is 18.9 Å². The van der Waals surface area contributed by atoms with Crippen LogP contribution in [0.25, 0.3) is 0 Å². The highest BCUT2D eigenvalue weighted by Crippen LogP contribution is 2.30. The van der Waals surface area contributed by atoms with E-state index in [0.29, 0.717) is 11.8 Å². The van der Waals surface area contributed by atoms with Crippen LogP contribution in [0.2, 0.25) is 0 Å². The summed E-state index contributed by atoms with van der Waals surface area (Å²) in [4.78, 5) is 2.26. The first-order valence-electron chi connectivity index (χ1n) is 6.95. The molecule has 2 atom stereocenters. The van der Waals surface area contributed by atoms with E-state index >= 15 is 0 Å². The van der Waals surface area contributed by atoms with Gasteiger partial charge in [0.25, 0.3) is 0 Å². The fraction of sp³-hybridized carbons (Fsp3) is 0.625. The molecule has 0 saturated carbocycles. The molecule has 0 amide bonds. The highest BCUT2D eigenvalue weighted by atomic mass is 16.5. The van der Waals surface area contributed by atoms with Crippen LogP contribution < -0.4 is 4.74 Å². The standard InChI is InChI=1S/C16H27NO/c1-6-16(13(3)12-17(4)5)14-9-8-10-15(11-14)18-7-2/h8-11,13,16H,6-7,12H2,1-5H3. The molecule has 1 aromatic carbocycles. The lowest BCUT2D eigenvalue weighted by Gasteiger charge is -2.26. The SMILES string of the molecule is CCOc1cccc(C(CC)C(C)CN(C)C)c1. The molecule has 0 aliphatic heterocycles.